The van der Waals surface area contributed by atoms with Crippen LogP contribution in [0.25, 0.3) is 28.2 Å². The highest BCUT2D eigenvalue weighted by Crippen LogP contribution is 2.31. The normalized spacial score (nSPS) is 11.1. The third-order valence-electron chi connectivity index (χ3n) is 4.79. The summed E-state index contributed by atoms with van der Waals surface area (Å²) < 4.78 is 10.8. The quantitative estimate of drug-likeness (QED) is 0.272. The standard InChI is InChI=1S/C25H17Cl2NO4/c1-31-23-10-7-16(19-12-17-4-2-3-5-22(17)32-25(19)30)13-21(23)28-24(29)11-8-15-6-9-18(26)14-20(15)27/h2-14H,1H3,(H,28,29). The molecule has 0 radical (unpaired) electrons. The summed E-state index contributed by atoms with van der Waals surface area (Å²) in [5.74, 6) is 0.0576. The molecule has 0 aliphatic rings. The van der Waals surface area contributed by atoms with Crippen LogP contribution in [0.15, 0.2) is 82.0 Å². The molecule has 1 aromatic heterocycles. The number of hydrogen-bond acceptors (Lipinski definition) is 4. The molecule has 0 bridgehead atoms. The second-order valence-corrected chi connectivity index (χ2v) is 7.73. The zero-order valence-electron chi connectivity index (χ0n) is 16.9. The summed E-state index contributed by atoms with van der Waals surface area (Å²) >= 11 is 12.0. The van der Waals surface area contributed by atoms with Crippen LogP contribution >= 0.6 is 23.2 Å². The fraction of sp³-hybridized carbons (Fsp3) is 0.0400. The number of para-hydroxylation sites is 1. The highest BCUT2D eigenvalue weighted by Gasteiger charge is 2.12. The Morgan fingerprint density at radius 3 is 2.62 bits per heavy atom. The van der Waals surface area contributed by atoms with Crippen LogP contribution in [0.5, 0.6) is 5.75 Å². The van der Waals surface area contributed by atoms with Gasteiger partial charge in [0.1, 0.15) is 11.3 Å². The molecule has 5 nitrogen and oxygen atoms in total. The number of hydrogen-bond donors (Lipinski definition) is 1. The van der Waals surface area contributed by atoms with Gasteiger partial charge in [0, 0.05) is 21.5 Å². The second kappa shape index (κ2) is 9.30. The molecule has 7 heteroatoms. The Hall–Kier alpha value is -3.54. The molecule has 1 heterocycles. The minimum absolute atomic E-state index is 0.380. The van der Waals surface area contributed by atoms with Crippen LogP contribution in [0.2, 0.25) is 10.0 Å². The summed E-state index contributed by atoms with van der Waals surface area (Å²) in [6.45, 7) is 0. The third-order valence-corrected chi connectivity index (χ3v) is 5.35. The minimum atomic E-state index is -0.469. The van der Waals surface area contributed by atoms with E-state index in [4.69, 9.17) is 32.4 Å². The second-order valence-electron chi connectivity index (χ2n) is 6.89. The minimum Gasteiger partial charge on any atom is -0.495 e. The van der Waals surface area contributed by atoms with Crippen LogP contribution in [-0.2, 0) is 4.79 Å². The lowest BCUT2D eigenvalue weighted by atomic mass is 10.0. The Bertz CT molecular complexity index is 1410. The van der Waals surface area contributed by atoms with Crippen LogP contribution in [0.1, 0.15) is 5.56 Å². The molecule has 1 N–H and O–H groups in total. The lowest BCUT2D eigenvalue weighted by molar-refractivity contribution is -0.111. The average Bonchev–Trinajstić information content (AvgIpc) is 2.78. The van der Waals surface area contributed by atoms with Crippen molar-refractivity contribution in [1.29, 1.82) is 0 Å². The van der Waals surface area contributed by atoms with Gasteiger partial charge >= 0.3 is 5.63 Å². The number of amides is 1. The molecule has 4 rings (SSSR count). The first kappa shape index (κ1) is 21.7. The van der Waals surface area contributed by atoms with E-state index in [0.717, 1.165) is 5.39 Å². The van der Waals surface area contributed by atoms with Crippen LogP contribution in [-0.4, -0.2) is 13.0 Å². The summed E-state index contributed by atoms with van der Waals surface area (Å²) in [6.07, 6.45) is 2.94. The van der Waals surface area contributed by atoms with E-state index < -0.39 is 11.5 Å². The average molecular weight is 466 g/mol. The predicted molar refractivity (Wildman–Crippen MR) is 129 cm³/mol. The number of nitrogens with one attached hydrogen (secondary N) is 1. The largest absolute Gasteiger partial charge is 0.495 e. The van der Waals surface area contributed by atoms with Gasteiger partial charge in [-0.15, -0.1) is 0 Å². The monoisotopic (exact) mass is 465 g/mol. The van der Waals surface area contributed by atoms with Gasteiger partial charge in [-0.3, -0.25) is 4.79 Å². The van der Waals surface area contributed by atoms with E-state index >= 15 is 0 Å². The maximum atomic E-state index is 12.5. The Morgan fingerprint density at radius 1 is 1.03 bits per heavy atom. The molecule has 4 aromatic rings. The van der Waals surface area contributed by atoms with Crippen molar-refractivity contribution in [1.82, 2.24) is 0 Å². The smallest absolute Gasteiger partial charge is 0.344 e. The number of methoxy groups -OCH3 is 1. The zero-order valence-corrected chi connectivity index (χ0v) is 18.4. The molecule has 160 valence electrons. The number of ether oxygens (including phenoxy) is 1. The van der Waals surface area contributed by atoms with E-state index in [-0.39, 0.29) is 0 Å². The first-order chi connectivity index (χ1) is 15.4. The SMILES string of the molecule is COc1ccc(-c2cc3ccccc3oc2=O)cc1NC(=O)C=Cc1ccc(Cl)cc1Cl. The highest BCUT2D eigenvalue weighted by molar-refractivity contribution is 6.35. The van der Waals surface area contributed by atoms with Gasteiger partial charge in [-0.25, -0.2) is 4.79 Å². The van der Waals surface area contributed by atoms with Crippen LogP contribution in [0.4, 0.5) is 5.69 Å². The highest BCUT2D eigenvalue weighted by atomic mass is 35.5. The van der Waals surface area contributed by atoms with Crippen molar-refractivity contribution in [2.45, 2.75) is 0 Å². The lowest BCUT2D eigenvalue weighted by Gasteiger charge is -2.11. The summed E-state index contributed by atoms with van der Waals surface area (Å²) in [7, 11) is 1.50. The first-order valence-electron chi connectivity index (χ1n) is 9.60. The fourth-order valence-electron chi connectivity index (χ4n) is 3.21. The van der Waals surface area contributed by atoms with Crippen molar-refractivity contribution < 1.29 is 13.9 Å². The summed E-state index contributed by atoms with van der Waals surface area (Å²) in [6, 6.07) is 19.1. The number of rotatable bonds is 5. The number of carbonyl (C=O) groups is 1. The molecule has 0 aliphatic heterocycles. The Balaban J connectivity index is 1.64. The molecule has 0 unspecified atom stereocenters. The Labute approximate surface area is 193 Å². The number of carbonyl (C=O) groups excluding carboxylic acids is 1. The van der Waals surface area contributed by atoms with E-state index in [1.165, 1.54) is 13.2 Å². The van der Waals surface area contributed by atoms with Gasteiger partial charge < -0.3 is 14.5 Å². The number of fused-ring (bicyclic) bond motifs is 1. The maximum absolute atomic E-state index is 12.5. The summed E-state index contributed by atoms with van der Waals surface area (Å²) in [4.78, 5) is 25.0. The van der Waals surface area contributed by atoms with Crippen molar-refractivity contribution in [2.75, 3.05) is 12.4 Å². The molecule has 0 atom stereocenters. The zero-order chi connectivity index (χ0) is 22.7. The number of halogens is 2. The van der Waals surface area contributed by atoms with Gasteiger partial charge in [0.15, 0.2) is 0 Å². The van der Waals surface area contributed by atoms with Crippen molar-refractivity contribution in [3.63, 3.8) is 0 Å². The predicted octanol–water partition coefficient (Wildman–Crippen LogP) is 6.43. The van der Waals surface area contributed by atoms with E-state index in [1.54, 1.807) is 60.7 Å². The van der Waals surface area contributed by atoms with Gasteiger partial charge in [-0.2, -0.15) is 0 Å². The molecule has 1 amide bonds. The molecule has 0 spiro atoms. The fourth-order valence-corrected chi connectivity index (χ4v) is 3.68. The van der Waals surface area contributed by atoms with Gasteiger partial charge in [-0.05, 0) is 53.6 Å². The topological polar surface area (TPSA) is 68.5 Å². The Kier molecular flexibility index (Phi) is 6.30. The van der Waals surface area contributed by atoms with Crippen LogP contribution < -0.4 is 15.7 Å². The first-order valence-corrected chi connectivity index (χ1v) is 10.4. The molecular formula is C25H17Cl2NO4. The van der Waals surface area contributed by atoms with Gasteiger partial charge in [0.05, 0.1) is 18.4 Å². The van der Waals surface area contributed by atoms with E-state index in [9.17, 15) is 9.59 Å². The van der Waals surface area contributed by atoms with E-state index in [1.807, 2.05) is 12.1 Å². The lowest BCUT2D eigenvalue weighted by Crippen LogP contribution is -2.10. The molecule has 0 fully saturated rings. The third kappa shape index (κ3) is 4.69. The summed E-state index contributed by atoms with van der Waals surface area (Å²) in [5, 5.41) is 4.52. The molecule has 0 saturated carbocycles. The molecule has 32 heavy (non-hydrogen) atoms. The molecule has 0 aliphatic carbocycles. The van der Waals surface area contributed by atoms with Crippen molar-refractivity contribution in [3.8, 4) is 16.9 Å². The molecular weight excluding hydrogens is 449 g/mol. The number of anilines is 1. The van der Waals surface area contributed by atoms with E-state index in [0.29, 0.717) is 43.8 Å². The van der Waals surface area contributed by atoms with Gasteiger partial charge in [0.2, 0.25) is 5.91 Å². The Morgan fingerprint density at radius 2 is 1.84 bits per heavy atom. The summed E-state index contributed by atoms with van der Waals surface area (Å²) in [5.41, 5.74) is 2.07. The van der Waals surface area contributed by atoms with Crippen molar-refractivity contribution in [3.05, 3.63) is 98.8 Å². The van der Waals surface area contributed by atoms with Crippen molar-refractivity contribution in [2.24, 2.45) is 0 Å². The van der Waals surface area contributed by atoms with Gasteiger partial charge in [0.25, 0.3) is 0 Å². The van der Waals surface area contributed by atoms with Crippen LogP contribution in [0.3, 0.4) is 0 Å². The van der Waals surface area contributed by atoms with E-state index in [2.05, 4.69) is 5.32 Å². The maximum Gasteiger partial charge on any atom is 0.344 e. The number of benzene rings is 3. The van der Waals surface area contributed by atoms with Crippen LogP contribution in [0, 0.1) is 0 Å². The van der Waals surface area contributed by atoms with Gasteiger partial charge in [-0.1, -0.05) is 53.5 Å². The molecule has 3 aromatic carbocycles. The van der Waals surface area contributed by atoms with Crippen molar-refractivity contribution >= 4 is 51.8 Å². The molecule has 0 saturated heterocycles.